The molecular formula is C18H18ClN6S+. The van der Waals surface area contributed by atoms with Crippen LogP contribution in [0.5, 0.6) is 0 Å². The molecule has 0 aliphatic heterocycles. The Balaban J connectivity index is 2.07. The lowest BCUT2D eigenvalue weighted by atomic mass is 10.2. The van der Waals surface area contributed by atoms with Crippen LogP contribution >= 0.6 is 23.8 Å². The quantitative estimate of drug-likeness (QED) is 0.662. The van der Waals surface area contributed by atoms with Crippen molar-refractivity contribution >= 4 is 23.8 Å². The fourth-order valence-corrected chi connectivity index (χ4v) is 3.05. The van der Waals surface area contributed by atoms with Crippen molar-refractivity contribution in [2.24, 2.45) is 0 Å². The zero-order valence-corrected chi connectivity index (χ0v) is 15.8. The first-order valence-corrected chi connectivity index (χ1v) is 8.93. The molecule has 2 aromatic heterocycles. The number of nitrogens with one attached hydrogen (secondary N) is 1. The van der Waals surface area contributed by atoms with Gasteiger partial charge in [-0.15, -0.1) is 5.10 Å². The number of aromatic nitrogens is 4. The number of halogens is 1. The van der Waals surface area contributed by atoms with Gasteiger partial charge in [-0.2, -0.15) is 9.94 Å². The van der Waals surface area contributed by atoms with Crippen molar-refractivity contribution in [1.82, 2.24) is 19.3 Å². The van der Waals surface area contributed by atoms with Crippen LogP contribution in [0, 0.1) is 16.1 Å². The molecule has 0 aliphatic carbocycles. The molecule has 2 heterocycles. The van der Waals surface area contributed by atoms with E-state index >= 15 is 0 Å². The molecule has 0 fully saturated rings. The number of nitrogens with zero attached hydrogens (tertiary/aromatic N) is 5. The summed E-state index contributed by atoms with van der Waals surface area (Å²) in [4.78, 5) is 5.23. The third-order valence-electron chi connectivity index (χ3n) is 3.95. The number of benzene rings is 1. The minimum Gasteiger partial charge on any atom is -0.318 e. The first-order chi connectivity index (χ1) is 12.6. The molecule has 1 atom stereocenters. The molecule has 1 N–H and O–H groups in total. The average molecular weight is 386 g/mol. The van der Waals surface area contributed by atoms with Gasteiger partial charge >= 0.3 is 0 Å². The van der Waals surface area contributed by atoms with Gasteiger partial charge in [0.1, 0.15) is 0 Å². The molecule has 0 radical (unpaired) electrons. The van der Waals surface area contributed by atoms with Crippen LogP contribution in [0.25, 0.3) is 17.1 Å². The highest BCUT2D eigenvalue weighted by molar-refractivity contribution is 7.71. The fraction of sp³-hybridized carbons (Fsp3) is 0.222. The number of pyridine rings is 1. The molecule has 6 nitrogen and oxygen atoms in total. The van der Waals surface area contributed by atoms with E-state index in [-0.39, 0.29) is 0 Å². The molecule has 132 valence electrons. The minimum absolute atomic E-state index is 0.494. The fourth-order valence-electron chi connectivity index (χ4n) is 2.63. The second-order valence-corrected chi connectivity index (χ2v) is 6.73. The molecule has 0 amide bonds. The highest BCUT2D eigenvalue weighted by Gasteiger charge is 2.16. The van der Waals surface area contributed by atoms with Crippen molar-refractivity contribution in [3.63, 3.8) is 0 Å². The number of nitriles is 1. The summed E-state index contributed by atoms with van der Waals surface area (Å²) >= 11 is 11.7. The summed E-state index contributed by atoms with van der Waals surface area (Å²) in [6, 6.07) is 13.5. The molecule has 0 spiro atoms. The van der Waals surface area contributed by atoms with Crippen molar-refractivity contribution in [2.45, 2.75) is 13.1 Å². The van der Waals surface area contributed by atoms with E-state index in [9.17, 15) is 0 Å². The van der Waals surface area contributed by atoms with Crippen molar-refractivity contribution in [3.8, 4) is 23.1 Å². The normalized spacial score (nSPS) is 11.9. The van der Waals surface area contributed by atoms with Crippen molar-refractivity contribution in [1.29, 1.82) is 5.26 Å². The Morgan fingerprint density at radius 1 is 1.19 bits per heavy atom. The van der Waals surface area contributed by atoms with Crippen LogP contribution in [0.3, 0.4) is 0 Å². The predicted octanol–water partition coefficient (Wildman–Crippen LogP) is 2.50. The first-order valence-electron chi connectivity index (χ1n) is 8.14. The molecule has 0 bridgehead atoms. The topological polar surface area (TPSA) is 63.9 Å². The third-order valence-corrected chi connectivity index (χ3v) is 4.59. The Morgan fingerprint density at radius 3 is 2.54 bits per heavy atom. The number of hydrogen-bond acceptors (Lipinski definition) is 4. The largest absolute Gasteiger partial charge is 0.318 e. The van der Waals surface area contributed by atoms with Gasteiger partial charge in [0.05, 0.1) is 31.8 Å². The van der Waals surface area contributed by atoms with E-state index in [0.717, 1.165) is 28.5 Å². The van der Waals surface area contributed by atoms with E-state index in [1.165, 1.54) is 0 Å². The van der Waals surface area contributed by atoms with Gasteiger partial charge in [0.2, 0.25) is 4.77 Å². The van der Waals surface area contributed by atoms with Crippen molar-refractivity contribution < 1.29 is 4.90 Å². The predicted molar refractivity (Wildman–Crippen MR) is 103 cm³/mol. The lowest BCUT2D eigenvalue weighted by molar-refractivity contribution is -0.903. The maximum absolute atomic E-state index is 8.78. The van der Waals surface area contributed by atoms with Gasteiger partial charge < -0.3 is 4.90 Å². The molecule has 0 saturated heterocycles. The Morgan fingerprint density at radius 2 is 1.88 bits per heavy atom. The van der Waals surface area contributed by atoms with E-state index in [1.807, 2.05) is 48.0 Å². The molecule has 1 unspecified atom stereocenters. The second-order valence-electron chi connectivity index (χ2n) is 5.93. The number of quaternary nitrogens is 1. The van der Waals surface area contributed by atoms with Crippen LogP contribution in [0.15, 0.2) is 48.8 Å². The van der Waals surface area contributed by atoms with Crippen molar-refractivity contribution in [2.75, 3.05) is 13.6 Å². The van der Waals surface area contributed by atoms with Crippen LogP contribution in [-0.2, 0) is 6.67 Å². The van der Waals surface area contributed by atoms with Crippen LogP contribution in [0.4, 0.5) is 0 Å². The van der Waals surface area contributed by atoms with Gasteiger partial charge in [-0.3, -0.25) is 9.55 Å². The van der Waals surface area contributed by atoms with Gasteiger partial charge in [-0.05, 0) is 48.6 Å². The average Bonchev–Trinajstić information content (AvgIpc) is 2.98. The maximum atomic E-state index is 8.78. The van der Waals surface area contributed by atoms with E-state index in [2.05, 4.69) is 11.1 Å². The van der Waals surface area contributed by atoms with Gasteiger partial charge in [0.25, 0.3) is 0 Å². The van der Waals surface area contributed by atoms with E-state index in [0.29, 0.717) is 22.9 Å². The Hall–Kier alpha value is -2.53. The Kier molecular flexibility index (Phi) is 5.78. The van der Waals surface area contributed by atoms with E-state index < -0.39 is 0 Å². The molecular weight excluding hydrogens is 368 g/mol. The van der Waals surface area contributed by atoms with Gasteiger partial charge in [-0.25, -0.2) is 0 Å². The van der Waals surface area contributed by atoms with Crippen LogP contribution in [-0.4, -0.2) is 32.9 Å². The number of rotatable bonds is 6. The van der Waals surface area contributed by atoms with Gasteiger partial charge in [0.15, 0.2) is 12.5 Å². The summed E-state index contributed by atoms with van der Waals surface area (Å²) in [6.45, 7) is 1.32. The monoisotopic (exact) mass is 385 g/mol. The number of hydrogen-bond donors (Lipinski definition) is 1. The van der Waals surface area contributed by atoms with Crippen LogP contribution in [0.2, 0.25) is 5.02 Å². The zero-order chi connectivity index (χ0) is 18.5. The Labute approximate surface area is 161 Å². The van der Waals surface area contributed by atoms with Crippen molar-refractivity contribution in [3.05, 3.63) is 58.6 Å². The van der Waals surface area contributed by atoms with Gasteiger partial charge in [-0.1, -0.05) is 11.6 Å². The highest BCUT2D eigenvalue weighted by Crippen LogP contribution is 2.23. The standard InChI is InChI=1S/C18H17ClN6S/c1-23(12-2-9-20)13-24-18(26)25(16-5-3-15(19)4-6-16)17(22-24)14-7-10-21-11-8-14/h3-8,10-11H,2,12-13H2,1H3/p+1. The molecule has 0 aliphatic rings. The SMILES string of the molecule is C[NH+](CCC#N)Cn1nc(-c2ccncc2)n(-c2ccc(Cl)cc2)c1=S. The molecule has 1 aromatic carbocycles. The zero-order valence-electron chi connectivity index (χ0n) is 14.3. The summed E-state index contributed by atoms with van der Waals surface area (Å²) in [5.41, 5.74) is 1.82. The summed E-state index contributed by atoms with van der Waals surface area (Å²) < 4.78 is 4.32. The van der Waals surface area contributed by atoms with Crippen LogP contribution < -0.4 is 4.90 Å². The second kappa shape index (κ2) is 8.23. The lowest BCUT2D eigenvalue weighted by Crippen LogP contribution is -3.08. The Bertz CT molecular complexity index is 972. The summed E-state index contributed by atoms with van der Waals surface area (Å²) in [5, 5.41) is 14.2. The van der Waals surface area contributed by atoms with Gasteiger partial charge in [0, 0.05) is 23.0 Å². The maximum Gasteiger partial charge on any atom is 0.207 e. The summed E-state index contributed by atoms with van der Waals surface area (Å²) in [5.74, 6) is 0.743. The summed E-state index contributed by atoms with van der Waals surface area (Å²) in [6.07, 6.45) is 3.95. The molecule has 3 aromatic rings. The van der Waals surface area contributed by atoms with E-state index in [1.54, 1.807) is 17.1 Å². The minimum atomic E-state index is 0.494. The summed E-state index contributed by atoms with van der Waals surface area (Å²) in [7, 11) is 2.02. The highest BCUT2D eigenvalue weighted by atomic mass is 35.5. The molecule has 3 rings (SSSR count). The van der Waals surface area contributed by atoms with E-state index in [4.69, 9.17) is 34.2 Å². The lowest BCUT2D eigenvalue weighted by Gasteiger charge is -2.11. The molecule has 26 heavy (non-hydrogen) atoms. The van der Waals surface area contributed by atoms with Crippen LogP contribution in [0.1, 0.15) is 6.42 Å². The third kappa shape index (κ3) is 3.99. The first kappa shape index (κ1) is 18.3. The molecule has 8 heteroatoms. The molecule has 0 saturated carbocycles. The smallest absolute Gasteiger partial charge is 0.207 e.